The second kappa shape index (κ2) is 8.48. The monoisotopic (exact) mass is 452 g/mol. The number of anilines is 2. The molecule has 0 spiro atoms. The highest BCUT2D eigenvalue weighted by molar-refractivity contribution is 5.65. The number of alkyl halides is 1. The average Bonchev–Trinajstić information content (AvgIpc) is 3.45. The highest BCUT2D eigenvalue weighted by Crippen LogP contribution is 2.28. The molecule has 0 amide bonds. The summed E-state index contributed by atoms with van der Waals surface area (Å²) in [7, 11) is 0. The van der Waals surface area contributed by atoms with Gasteiger partial charge < -0.3 is 15.0 Å². The smallest absolute Gasteiger partial charge is 0.230 e. The van der Waals surface area contributed by atoms with Gasteiger partial charge in [-0.05, 0) is 51.9 Å². The Bertz CT molecular complexity index is 1170. The third-order valence-electron chi connectivity index (χ3n) is 6.82. The van der Waals surface area contributed by atoms with Crippen LogP contribution in [0.4, 0.5) is 16.3 Å². The van der Waals surface area contributed by atoms with Crippen LogP contribution in [-0.4, -0.2) is 68.1 Å². The van der Waals surface area contributed by atoms with Gasteiger partial charge in [0.05, 0.1) is 23.6 Å². The van der Waals surface area contributed by atoms with Crippen LogP contribution in [0.25, 0.3) is 17.0 Å². The highest BCUT2D eigenvalue weighted by Gasteiger charge is 2.27. The SMILES string of the molecule is Cc1nc2c(nc1-c1cc3nc(N4CC[C@@H](F)C4)nc(NC4CCOCC4)n3n1)CCCC2. The van der Waals surface area contributed by atoms with Crippen LogP contribution in [-0.2, 0) is 17.6 Å². The van der Waals surface area contributed by atoms with E-state index in [0.717, 1.165) is 73.8 Å². The fourth-order valence-electron chi connectivity index (χ4n) is 4.98. The molecule has 33 heavy (non-hydrogen) atoms. The number of aryl methyl sites for hydroxylation is 3. The molecule has 1 N–H and O–H groups in total. The molecule has 6 rings (SSSR count). The lowest BCUT2D eigenvalue weighted by Crippen LogP contribution is -2.30. The van der Waals surface area contributed by atoms with Crippen molar-refractivity contribution in [2.24, 2.45) is 0 Å². The van der Waals surface area contributed by atoms with Gasteiger partial charge in [0.25, 0.3) is 0 Å². The number of hydrogen-bond donors (Lipinski definition) is 1. The Balaban J connectivity index is 1.42. The van der Waals surface area contributed by atoms with E-state index < -0.39 is 6.17 Å². The minimum absolute atomic E-state index is 0.245. The average molecular weight is 453 g/mol. The van der Waals surface area contributed by atoms with Crippen molar-refractivity contribution in [1.29, 1.82) is 0 Å². The number of hydrogen-bond acceptors (Lipinski definition) is 8. The molecular formula is C23H29FN8O. The second-order valence-corrected chi connectivity index (χ2v) is 9.27. The summed E-state index contributed by atoms with van der Waals surface area (Å²) >= 11 is 0. The van der Waals surface area contributed by atoms with Crippen molar-refractivity contribution < 1.29 is 9.13 Å². The molecule has 5 heterocycles. The maximum atomic E-state index is 13.9. The lowest BCUT2D eigenvalue weighted by atomic mass is 10.00. The Labute approximate surface area is 191 Å². The lowest BCUT2D eigenvalue weighted by molar-refractivity contribution is 0.0902. The number of ether oxygens (including phenoxy) is 1. The van der Waals surface area contributed by atoms with Gasteiger partial charge >= 0.3 is 0 Å². The first kappa shape index (κ1) is 20.7. The predicted octanol–water partition coefficient (Wildman–Crippen LogP) is 2.91. The molecule has 0 aromatic carbocycles. The van der Waals surface area contributed by atoms with Gasteiger partial charge in [0.2, 0.25) is 11.9 Å². The Morgan fingerprint density at radius 3 is 2.58 bits per heavy atom. The topological polar surface area (TPSA) is 93.4 Å². The summed E-state index contributed by atoms with van der Waals surface area (Å²) in [6, 6.07) is 2.19. The standard InChI is InChI=1S/C23H29FN8O/c1-14-21(27-18-5-3-2-4-17(18)25-14)19-12-20-28-22(31-9-6-15(24)13-31)29-23(32(20)30-19)26-16-7-10-33-11-8-16/h12,15-16H,2-11,13H2,1H3,(H,26,28,29)/t15-/m1/s1. The molecule has 2 fully saturated rings. The number of rotatable bonds is 4. The molecule has 1 aliphatic carbocycles. The maximum Gasteiger partial charge on any atom is 0.230 e. The molecule has 3 aromatic rings. The molecule has 2 aliphatic heterocycles. The number of aromatic nitrogens is 6. The number of fused-ring (bicyclic) bond motifs is 2. The van der Waals surface area contributed by atoms with Crippen LogP contribution in [0, 0.1) is 6.92 Å². The summed E-state index contributed by atoms with van der Waals surface area (Å²) in [6.07, 6.45) is 5.74. The molecule has 0 radical (unpaired) electrons. The largest absolute Gasteiger partial charge is 0.381 e. The first-order chi connectivity index (χ1) is 16.1. The minimum atomic E-state index is -0.842. The number of nitrogens with zero attached hydrogens (tertiary/aromatic N) is 7. The minimum Gasteiger partial charge on any atom is -0.381 e. The molecule has 0 bridgehead atoms. The zero-order valence-electron chi connectivity index (χ0n) is 18.9. The highest BCUT2D eigenvalue weighted by atomic mass is 19.1. The van der Waals surface area contributed by atoms with Gasteiger partial charge in [-0.25, -0.2) is 9.37 Å². The van der Waals surface area contributed by atoms with Crippen LogP contribution in [0.15, 0.2) is 6.07 Å². The summed E-state index contributed by atoms with van der Waals surface area (Å²) in [5.74, 6) is 1.16. The number of halogens is 1. The fraction of sp³-hybridized carbons (Fsp3) is 0.609. The Kier molecular flexibility index (Phi) is 5.32. The van der Waals surface area contributed by atoms with Crippen molar-refractivity contribution in [1.82, 2.24) is 29.5 Å². The molecule has 3 aromatic heterocycles. The molecule has 0 saturated carbocycles. The van der Waals surface area contributed by atoms with E-state index in [1.807, 2.05) is 17.9 Å². The third kappa shape index (κ3) is 4.01. The van der Waals surface area contributed by atoms with Crippen LogP contribution in [0.3, 0.4) is 0 Å². The predicted molar refractivity (Wildman–Crippen MR) is 122 cm³/mol. The number of nitrogens with one attached hydrogen (secondary N) is 1. The normalized spacial score (nSPS) is 21.5. The van der Waals surface area contributed by atoms with E-state index >= 15 is 0 Å². The van der Waals surface area contributed by atoms with E-state index in [0.29, 0.717) is 37.1 Å². The van der Waals surface area contributed by atoms with Gasteiger partial charge in [-0.15, -0.1) is 0 Å². The van der Waals surface area contributed by atoms with E-state index in [9.17, 15) is 4.39 Å². The van der Waals surface area contributed by atoms with Crippen LogP contribution in [0.1, 0.15) is 49.2 Å². The summed E-state index contributed by atoms with van der Waals surface area (Å²) in [6.45, 7) is 4.38. The van der Waals surface area contributed by atoms with E-state index in [2.05, 4.69) is 5.32 Å². The molecule has 2 saturated heterocycles. The summed E-state index contributed by atoms with van der Waals surface area (Å²) in [5, 5.41) is 8.38. The molecule has 10 heteroatoms. The first-order valence-electron chi connectivity index (χ1n) is 12.0. The van der Waals surface area contributed by atoms with Crippen LogP contribution in [0.2, 0.25) is 0 Å². The molecule has 0 unspecified atom stereocenters. The van der Waals surface area contributed by atoms with E-state index in [1.165, 1.54) is 6.42 Å². The van der Waals surface area contributed by atoms with Crippen molar-refractivity contribution >= 4 is 17.5 Å². The molecule has 174 valence electrons. The van der Waals surface area contributed by atoms with Crippen molar-refractivity contribution in [2.45, 2.75) is 64.1 Å². The molecule has 3 aliphatic rings. The molecular weight excluding hydrogens is 423 g/mol. The second-order valence-electron chi connectivity index (χ2n) is 9.27. The Morgan fingerprint density at radius 1 is 1.03 bits per heavy atom. The van der Waals surface area contributed by atoms with Crippen LogP contribution < -0.4 is 10.2 Å². The van der Waals surface area contributed by atoms with Gasteiger partial charge in [-0.3, -0.25) is 4.98 Å². The zero-order chi connectivity index (χ0) is 22.4. The van der Waals surface area contributed by atoms with Crippen molar-refractivity contribution in [3.63, 3.8) is 0 Å². The van der Waals surface area contributed by atoms with Crippen molar-refractivity contribution in [3.8, 4) is 11.4 Å². The summed E-state index contributed by atoms with van der Waals surface area (Å²) in [5.41, 5.74) is 5.28. The van der Waals surface area contributed by atoms with Crippen LogP contribution >= 0.6 is 0 Å². The van der Waals surface area contributed by atoms with E-state index in [1.54, 1.807) is 4.52 Å². The quantitative estimate of drug-likeness (QED) is 0.646. The Hall–Kier alpha value is -2.88. The summed E-state index contributed by atoms with van der Waals surface area (Å²) < 4.78 is 21.1. The maximum absolute atomic E-state index is 13.9. The van der Waals surface area contributed by atoms with Gasteiger partial charge in [0, 0.05) is 31.9 Å². The fourth-order valence-corrected chi connectivity index (χ4v) is 4.98. The van der Waals surface area contributed by atoms with Gasteiger partial charge in [-0.1, -0.05) is 0 Å². The van der Waals surface area contributed by atoms with E-state index in [-0.39, 0.29) is 6.04 Å². The van der Waals surface area contributed by atoms with Crippen molar-refractivity contribution in [3.05, 3.63) is 23.1 Å². The van der Waals surface area contributed by atoms with Gasteiger partial charge in [0.15, 0.2) is 5.65 Å². The van der Waals surface area contributed by atoms with Gasteiger partial charge in [-0.2, -0.15) is 19.6 Å². The van der Waals surface area contributed by atoms with E-state index in [4.69, 9.17) is 29.8 Å². The summed E-state index contributed by atoms with van der Waals surface area (Å²) in [4.78, 5) is 21.2. The zero-order valence-corrected chi connectivity index (χ0v) is 18.9. The Morgan fingerprint density at radius 2 is 1.82 bits per heavy atom. The third-order valence-corrected chi connectivity index (χ3v) is 6.82. The van der Waals surface area contributed by atoms with Crippen LogP contribution in [0.5, 0.6) is 0 Å². The molecule has 1 atom stereocenters. The van der Waals surface area contributed by atoms with Gasteiger partial charge in [0.1, 0.15) is 17.6 Å². The lowest BCUT2D eigenvalue weighted by Gasteiger charge is -2.24. The van der Waals surface area contributed by atoms with Crippen molar-refractivity contribution in [2.75, 3.05) is 36.5 Å². The molecule has 9 nitrogen and oxygen atoms in total. The first-order valence-corrected chi connectivity index (χ1v) is 12.0.